The molecule has 1 aromatic carbocycles. The molecule has 1 aliphatic heterocycles. The predicted molar refractivity (Wildman–Crippen MR) is 71.0 cm³/mol. The first kappa shape index (κ1) is 13.6. The van der Waals surface area contributed by atoms with E-state index in [0.717, 1.165) is 5.56 Å². The van der Waals surface area contributed by atoms with Crippen molar-refractivity contribution in [3.8, 4) is 0 Å². The number of aliphatic hydroxyl groups is 1. The van der Waals surface area contributed by atoms with Crippen LogP contribution in [0.2, 0.25) is 0 Å². The van der Waals surface area contributed by atoms with Crippen LogP contribution in [-0.4, -0.2) is 48.8 Å². The van der Waals surface area contributed by atoms with Gasteiger partial charge in [0.15, 0.2) is 5.81 Å². The van der Waals surface area contributed by atoms with Crippen LogP contribution >= 0.6 is 0 Å². The second-order valence-corrected chi connectivity index (χ2v) is 4.61. The highest BCUT2D eigenvalue weighted by atomic mass is 16.3. The van der Waals surface area contributed by atoms with Crippen molar-refractivity contribution in [1.29, 1.82) is 0 Å². The number of carbonyl (C=O) groups is 2. The van der Waals surface area contributed by atoms with Crippen molar-refractivity contribution < 1.29 is 14.7 Å². The third-order valence-electron chi connectivity index (χ3n) is 3.09. The monoisotopic (exact) mass is 258 g/mol. The predicted octanol–water partition coefficient (Wildman–Crippen LogP) is 0.272. The van der Waals surface area contributed by atoms with Crippen LogP contribution in [0, 0.1) is 0 Å². The Morgan fingerprint density at radius 1 is 1.47 bits per heavy atom. The van der Waals surface area contributed by atoms with Crippen LogP contribution in [0.3, 0.4) is 0 Å². The third kappa shape index (κ3) is 3.57. The maximum atomic E-state index is 12.2. The summed E-state index contributed by atoms with van der Waals surface area (Å²) in [6.45, 7) is 1.24. The molecule has 0 saturated carbocycles. The number of amides is 2. The number of hydrogen-bond donors (Lipinski definition) is 2. The lowest BCUT2D eigenvalue weighted by molar-refractivity contribution is 0.0765. The van der Waals surface area contributed by atoms with E-state index in [0.29, 0.717) is 31.6 Å². The minimum atomic E-state index is -0.598. The molecule has 5 nitrogen and oxygen atoms in total. The Morgan fingerprint density at radius 3 is 2.89 bits per heavy atom. The fourth-order valence-corrected chi connectivity index (χ4v) is 2.11. The number of aliphatic hydroxyl groups excluding tert-OH is 1. The van der Waals surface area contributed by atoms with E-state index in [9.17, 15) is 14.7 Å². The Bertz CT molecular complexity index is 493. The second kappa shape index (κ2) is 5.88. The molecule has 1 saturated heterocycles. The van der Waals surface area contributed by atoms with Gasteiger partial charge in [-0.05, 0) is 24.1 Å². The Kier molecular flexibility index (Phi) is 4.22. The highest BCUT2D eigenvalue weighted by molar-refractivity contribution is 6.57. The minimum absolute atomic E-state index is 0.0996. The molecular weight excluding hydrogens is 243 g/mol. The van der Waals surface area contributed by atoms with Crippen molar-refractivity contribution in [3.63, 3.8) is 0 Å². The summed E-state index contributed by atoms with van der Waals surface area (Å²) in [4.78, 5) is 24.5. The highest BCUT2D eigenvalue weighted by Crippen LogP contribution is 2.14. The Labute approximate surface area is 113 Å². The molecule has 98 valence electrons. The van der Waals surface area contributed by atoms with Gasteiger partial charge >= 0.3 is 0 Å². The first-order valence-corrected chi connectivity index (χ1v) is 6.16. The van der Waals surface area contributed by atoms with E-state index in [-0.39, 0.29) is 5.91 Å². The number of nitrogens with zero attached hydrogens (tertiary/aromatic N) is 1. The van der Waals surface area contributed by atoms with Crippen LogP contribution in [0.15, 0.2) is 24.3 Å². The molecule has 0 aliphatic carbocycles. The van der Waals surface area contributed by atoms with E-state index >= 15 is 0 Å². The van der Waals surface area contributed by atoms with Crippen LogP contribution in [-0.2, 0) is 6.54 Å². The van der Waals surface area contributed by atoms with Crippen molar-refractivity contribution in [1.82, 2.24) is 10.2 Å². The van der Waals surface area contributed by atoms with Crippen molar-refractivity contribution >= 4 is 19.6 Å². The molecule has 1 fully saturated rings. The zero-order valence-electron chi connectivity index (χ0n) is 10.5. The summed E-state index contributed by atoms with van der Waals surface area (Å²) in [6, 6.07) is 7.02. The molecule has 0 aromatic heterocycles. The van der Waals surface area contributed by atoms with E-state index in [2.05, 4.69) is 5.32 Å². The SMILES string of the molecule is [B]C(=O)NCc1cccc(C(=O)N2CC[C@H](O)C2)c1. The molecule has 2 rings (SSSR count). The molecule has 6 heteroatoms. The first-order chi connectivity index (χ1) is 9.06. The molecule has 2 N–H and O–H groups in total. The van der Waals surface area contributed by atoms with Gasteiger partial charge < -0.3 is 15.3 Å². The van der Waals surface area contributed by atoms with Crippen molar-refractivity contribution in [3.05, 3.63) is 35.4 Å². The largest absolute Gasteiger partial charge is 0.391 e. The molecule has 2 amide bonds. The molecule has 0 unspecified atom stereocenters. The number of likely N-dealkylation sites (tertiary alicyclic amines) is 1. The fraction of sp³-hybridized carbons (Fsp3) is 0.385. The topological polar surface area (TPSA) is 69.6 Å². The molecular formula is C13H15BN2O3. The van der Waals surface area contributed by atoms with Gasteiger partial charge in [-0.15, -0.1) is 0 Å². The third-order valence-corrected chi connectivity index (χ3v) is 3.09. The van der Waals surface area contributed by atoms with Crippen LogP contribution < -0.4 is 5.32 Å². The summed E-state index contributed by atoms with van der Waals surface area (Å²) in [5, 5.41) is 11.9. The van der Waals surface area contributed by atoms with Crippen LogP contribution in [0.5, 0.6) is 0 Å². The zero-order valence-corrected chi connectivity index (χ0v) is 10.5. The first-order valence-electron chi connectivity index (χ1n) is 6.16. The molecule has 19 heavy (non-hydrogen) atoms. The summed E-state index contributed by atoms with van der Waals surface area (Å²) < 4.78 is 0. The summed E-state index contributed by atoms with van der Waals surface area (Å²) in [5.41, 5.74) is 1.36. The maximum absolute atomic E-state index is 12.2. The number of hydrogen-bond acceptors (Lipinski definition) is 3. The molecule has 1 atom stereocenters. The quantitative estimate of drug-likeness (QED) is 0.764. The Hall–Kier alpha value is -1.82. The average Bonchev–Trinajstić information content (AvgIpc) is 2.82. The molecule has 2 radical (unpaired) electrons. The van der Waals surface area contributed by atoms with Gasteiger partial charge in [0.25, 0.3) is 5.91 Å². The lowest BCUT2D eigenvalue weighted by Crippen LogP contribution is -2.29. The van der Waals surface area contributed by atoms with Gasteiger partial charge in [-0.2, -0.15) is 0 Å². The number of nitrogens with one attached hydrogen (secondary N) is 1. The number of carbonyl (C=O) groups excluding carboxylic acids is 2. The van der Waals surface area contributed by atoms with Gasteiger partial charge in [0, 0.05) is 25.2 Å². The maximum Gasteiger partial charge on any atom is 0.253 e. The smallest absolute Gasteiger partial charge is 0.253 e. The van der Waals surface area contributed by atoms with Crippen molar-refractivity contribution in [2.24, 2.45) is 0 Å². The summed E-state index contributed by atoms with van der Waals surface area (Å²) >= 11 is 0. The summed E-state index contributed by atoms with van der Waals surface area (Å²) in [5.74, 6) is -0.697. The molecule has 0 bridgehead atoms. The number of rotatable bonds is 3. The normalized spacial score (nSPS) is 18.4. The minimum Gasteiger partial charge on any atom is -0.391 e. The van der Waals surface area contributed by atoms with E-state index in [1.54, 1.807) is 23.1 Å². The number of β-amino-alcohol motifs (C(OH)–C–C–N with tert-alkyl or cyclic N) is 1. The van der Waals surface area contributed by atoms with Crippen LogP contribution in [0.25, 0.3) is 0 Å². The van der Waals surface area contributed by atoms with Gasteiger partial charge in [0.2, 0.25) is 7.85 Å². The number of benzene rings is 1. The summed E-state index contributed by atoms with van der Waals surface area (Å²) in [6.07, 6.45) is 0.193. The standard InChI is InChI=1S/C13H15BN2O3/c14-13(19)15-7-9-2-1-3-10(6-9)12(18)16-5-4-11(17)8-16/h1-3,6,11,17H,4-5,7-8H2,(H,15,19)/t11-/m0/s1. The lowest BCUT2D eigenvalue weighted by Gasteiger charge is -2.16. The molecule has 1 aromatic rings. The average molecular weight is 258 g/mol. The van der Waals surface area contributed by atoms with E-state index in [4.69, 9.17) is 7.85 Å². The highest BCUT2D eigenvalue weighted by Gasteiger charge is 2.25. The van der Waals surface area contributed by atoms with Crippen LogP contribution in [0.1, 0.15) is 22.3 Å². The fourth-order valence-electron chi connectivity index (χ4n) is 2.11. The van der Waals surface area contributed by atoms with Gasteiger partial charge in [-0.1, -0.05) is 12.1 Å². The molecule has 0 spiro atoms. The van der Waals surface area contributed by atoms with Gasteiger partial charge in [0.05, 0.1) is 6.10 Å². The van der Waals surface area contributed by atoms with E-state index < -0.39 is 11.9 Å². The van der Waals surface area contributed by atoms with Gasteiger partial charge in [-0.3, -0.25) is 9.59 Å². The molecule has 1 heterocycles. The van der Waals surface area contributed by atoms with E-state index in [1.807, 2.05) is 6.07 Å². The second-order valence-electron chi connectivity index (χ2n) is 4.61. The lowest BCUT2D eigenvalue weighted by atomic mass is 10.1. The zero-order chi connectivity index (χ0) is 13.8. The Balaban J connectivity index is 2.05. The van der Waals surface area contributed by atoms with Gasteiger partial charge in [0.1, 0.15) is 0 Å². The molecule has 1 aliphatic rings. The van der Waals surface area contributed by atoms with Crippen molar-refractivity contribution in [2.75, 3.05) is 13.1 Å². The van der Waals surface area contributed by atoms with Crippen molar-refractivity contribution in [2.45, 2.75) is 19.1 Å². The van der Waals surface area contributed by atoms with Crippen LogP contribution in [0.4, 0.5) is 4.79 Å². The summed E-state index contributed by atoms with van der Waals surface area (Å²) in [7, 11) is 5.00. The Morgan fingerprint density at radius 2 is 2.26 bits per heavy atom. The van der Waals surface area contributed by atoms with Gasteiger partial charge in [-0.25, -0.2) is 0 Å². The van der Waals surface area contributed by atoms with E-state index in [1.165, 1.54) is 0 Å².